The zero-order valence-corrected chi connectivity index (χ0v) is 15.0. The van der Waals surface area contributed by atoms with Crippen molar-refractivity contribution in [2.75, 3.05) is 18.1 Å². The van der Waals surface area contributed by atoms with Crippen molar-refractivity contribution >= 4 is 11.8 Å². The Morgan fingerprint density at radius 3 is 2.09 bits per heavy atom. The number of aliphatic hydroxyl groups is 3. The maximum Gasteiger partial charge on any atom is 0.188 e. The second kappa shape index (κ2) is 8.41. The number of hydrogen-bond acceptors (Lipinski definition) is 9. The Morgan fingerprint density at radius 1 is 1.04 bits per heavy atom. The quantitative estimate of drug-likeness (QED) is 0.273. The summed E-state index contributed by atoms with van der Waals surface area (Å²) < 4.78 is 16.9. The van der Waals surface area contributed by atoms with Gasteiger partial charge >= 0.3 is 0 Å². The van der Waals surface area contributed by atoms with E-state index in [4.69, 9.17) is 30.8 Å². The maximum absolute atomic E-state index is 10.4. The smallest absolute Gasteiger partial charge is 0.188 e. The molecular formula is C14H30N2O6S. The van der Waals surface area contributed by atoms with Gasteiger partial charge in [0, 0.05) is 11.5 Å². The van der Waals surface area contributed by atoms with Crippen LogP contribution in [0.2, 0.25) is 0 Å². The molecular weight excluding hydrogens is 324 g/mol. The van der Waals surface area contributed by atoms with Gasteiger partial charge in [-0.15, -0.1) is 0 Å². The minimum atomic E-state index is -1.32. The molecule has 0 aromatic carbocycles. The third-order valence-electron chi connectivity index (χ3n) is 3.02. The summed E-state index contributed by atoms with van der Waals surface area (Å²) in [7, 11) is 0. The van der Waals surface area contributed by atoms with Gasteiger partial charge in [0.25, 0.3) is 0 Å². The zero-order valence-electron chi connectivity index (χ0n) is 14.1. The van der Waals surface area contributed by atoms with Crippen LogP contribution in [0.25, 0.3) is 0 Å². The van der Waals surface area contributed by atoms with Gasteiger partial charge < -0.3 is 41.0 Å². The minimum absolute atomic E-state index is 0.0340. The lowest BCUT2D eigenvalue weighted by Crippen LogP contribution is -2.63. The van der Waals surface area contributed by atoms with Crippen molar-refractivity contribution in [3.63, 3.8) is 0 Å². The Kier molecular flexibility index (Phi) is 7.71. The minimum Gasteiger partial charge on any atom is -0.396 e. The molecule has 5 unspecified atom stereocenters. The predicted molar refractivity (Wildman–Crippen MR) is 87.6 cm³/mol. The van der Waals surface area contributed by atoms with Gasteiger partial charge in [-0.25, -0.2) is 0 Å². The Bertz CT molecular complexity index is 360. The summed E-state index contributed by atoms with van der Waals surface area (Å²) in [5.74, 6) is 0.959. The molecule has 1 aliphatic rings. The first-order valence-corrected chi connectivity index (χ1v) is 8.73. The van der Waals surface area contributed by atoms with Gasteiger partial charge in [-0.2, -0.15) is 11.8 Å². The summed E-state index contributed by atoms with van der Waals surface area (Å²) in [5.41, 5.74) is 9.61. The first-order valence-electron chi connectivity index (χ1n) is 7.58. The first-order chi connectivity index (χ1) is 10.4. The van der Waals surface area contributed by atoms with Crippen LogP contribution < -0.4 is 11.5 Å². The van der Waals surface area contributed by atoms with Crippen molar-refractivity contribution in [3.05, 3.63) is 0 Å². The lowest BCUT2D eigenvalue weighted by Gasteiger charge is -2.45. The van der Waals surface area contributed by atoms with Crippen LogP contribution in [0.15, 0.2) is 0 Å². The lowest BCUT2D eigenvalue weighted by molar-refractivity contribution is -0.328. The fourth-order valence-electron chi connectivity index (χ4n) is 2.20. The second-order valence-corrected chi connectivity index (χ2v) is 7.88. The highest BCUT2D eigenvalue weighted by Gasteiger charge is 2.48. The molecule has 0 aromatic heterocycles. The number of aliphatic hydroxyl groups excluding tert-OH is 3. The summed E-state index contributed by atoms with van der Waals surface area (Å²) in [6.45, 7) is 6.57. The van der Waals surface area contributed by atoms with E-state index in [1.165, 1.54) is 11.8 Å². The molecule has 7 N–H and O–H groups in total. The standard InChI is InChI=1S/C14H30N2O6S/c1-13(2,15)21-11-8(7-23-6-5-17)20-12(10(19)9(11)18)22-14(3,4)16/h8-12,17-19H,5-7,15-16H2,1-4H3. The Labute approximate surface area is 141 Å². The summed E-state index contributed by atoms with van der Waals surface area (Å²) in [4.78, 5) is 0. The number of nitrogens with two attached hydrogens (primary N) is 2. The van der Waals surface area contributed by atoms with E-state index in [0.29, 0.717) is 11.5 Å². The van der Waals surface area contributed by atoms with Crippen LogP contribution in [0.3, 0.4) is 0 Å². The predicted octanol–water partition coefficient (Wildman–Crippen LogP) is -1.05. The lowest BCUT2D eigenvalue weighted by atomic mass is 9.99. The molecule has 1 saturated heterocycles. The third kappa shape index (κ3) is 7.20. The third-order valence-corrected chi connectivity index (χ3v) is 4.05. The highest BCUT2D eigenvalue weighted by atomic mass is 32.2. The van der Waals surface area contributed by atoms with Gasteiger partial charge in [0.15, 0.2) is 6.29 Å². The van der Waals surface area contributed by atoms with E-state index in [2.05, 4.69) is 0 Å². The molecule has 5 atom stereocenters. The van der Waals surface area contributed by atoms with Crippen LogP contribution in [0, 0.1) is 0 Å². The van der Waals surface area contributed by atoms with E-state index < -0.39 is 42.2 Å². The van der Waals surface area contributed by atoms with E-state index in [9.17, 15) is 10.2 Å². The average molecular weight is 354 g/mol. The summed E-state index contributed by atoms with van der Waals surface area (Å²) in [5, 5.41) is 29.5. The summed E-state index contributed by atoms with van der Waals surface area (Å²) in [6.07, 6.45) is -5.02. The van der Waals surface area contributed by atoms with Crippen molar-refractivity contribution in [1.29, 1.82) is 0 Å². The number of hydrogen-bond donors (Lipinski definition) is 5. The van der Waals surface area contributed by atoms with Gasteiger partial charge in [0.05, 0.1) is 12.7 Å². The van der Waals surface area contributed by atoms with Crippen LogP contribution >= 0.6 is 11.8 Å². The molecule has 0 bridgehead atoms. The first kappa shape index (κ1) is 21.1. The van der Waals surface area contributed by atoms with E-state index in [1.807, 2.05) is 0 Å². The van der Waals surface area contributed by atoms with Crippen molar-refractivity contribution in [1.82, 2.24) is 0 Å². The van der Waals surface area contributed by atoms with E-state index in [1.54, 1.807) is 27.7 Å². The van der Waals surface area contributed by atoms with E-state index >= 15 is 0 Å². The highest BCUT2D eigenvalue weighted by Crippen LogP contribution is 2.29. The molecule has 1 aliphatic heterocycles. The van der Waals surface area contributed by atoms with Gasteiger partial charge in [-0.1, -0.05) is 0 Å². The molecule has 1 heterocycles. The van der Waals surface area contributed by atoms with Crippen LogP contribution in [0.1, 0.15) is 27.7 Å². The maximum atomic E-state index is 10.4. The van der Waals surface area contributed by atoms with Gasteiger partial charge in [0.2, 0.25) is 0 Å². The molecule has 0 spiro atoms. The van der Waals surface area contributed by atoms with Crippen molar-refractivity contribution in [3.8, 4) is 0 Å². The zero-order chi connectivity index (χ0) is 17.8. The molecule has 1 fully saturated rings. The molecule has 8 nitrogen and oxygen atoms in total. The molecule has 9 heteroatoms. The van der Waals surface area contributed by atoms with Crippen LogP contribution in [-0.2, 0) is 14.2 Å². The SMILES string of the molecule is CC(C)(N)OC1OC(CSCCO)C(OC(C)(C)N)C(O)C1O. The summed E-state index contributed by atoms with van der Waals surface area (Å²) in [6, 6.07) is 0. The molecule has 0 amide bonds. The summed E-state index contributed by atoms with van der Waals surface area (Å²) >= 11 is 1.44. The average Bonchev–Trinajstić information content (AvgIpc) is 2.37. The van der Waals surface area contributed by atoms with Crippen LogP contribution in [-0.4, -0.2) is 75.6 Å². The Morgan fingerprint density at radius 2 is 1.61 bits per heavy atom. The van der Waals surface area contributed by atoms with Crippen molar-refractivity contribution < 1.29 is 29.5 Å². The molecule has 0 radical (unpaired) electrons. The fourth-order valence-corrected chi connectivity index (χ4v) is 2.99. The van der Waals surface area contributed by atoms with Gasteiger partial charge in [-0.3, -0.25) is 0 Å². The van der Waals surface area contributed by atoms with Crippen LogP contribution in [0.5, 0.6) is 0 Å². The largest absolute Gasteiger partial charge is 0.396 e. The van der Waals surface area contributed by atoms with Crippen molar-refractivity contribution in [2.24, 2.45) is 11.5 Å². The van der Waals surface area contributed by atoms with E-state index in [-0.39, 0.29) is 6.61 Å². The van der Waals surface area contributed by atoms with Crippen molar-refractivity contribution in [2.45, 2.75) is 69.9 Å². The van der Waals surface area contributed by atoms with Gasteiger partial charge in [-0.05, 0) is 27.7 Å². The number of thioether (sulfide) groups is 1. The Balaban J connectivity index is 2.87. The normalized spacial score (nSPS) is 33.0. The molecule has 0 aliphatic carbocycles. The second-order valence-electron chi connectivity index (χ2n) is 6.73. The topological polar surface area (TPSA) is 140 Å². The molecule has 1 rings (SSSR count). The molecule has 0 saturated carbocycles. The molecule has 23 heavy (non-hydrogen) atoms. The highest BCUT2D eigenvalue weighted by molar-refractivity contribution is 7.99. The molecule has 0 aromatic rings. The molecule has 138 valence electrons. The number of ether oxygens (including phenoxy) is 3. The monoisotopic (exact) mass is 354 g/mol. The van der Waals surface area contributed by atoms with E-state index in [0.717, 1.165) is 0 Å². The fraction of sp³-hybridized carbons (Fsp3) is 1.00. The Hall–Kier alpha value is 0.0300. The van der Waals surface area contributed by atoms with Crippen LogP contribution in [0.4, 0.5) is 0 Å². The van der Waals surface area contributed by atoms with Gasteiger partial charge in [0.1, 0.15) is 29.8 Å². The number of rotatable bonds is 8.